The second-order valence-electron chi connectivity index (χ2n) is 4.55. The van der Waals surface area contributed by atoms with Gasteiger partial charge in [-0.25, -0.2) is 8.42 Å². The normalized spacial score (nSPS) is 11.4. The monoisotopic (exact) mass is 288 g/mol. The smallest absolute Gasteiger partial charge is 0.276 e. The minimum atomic E-state index is -3.45. The molecule has 0 saturated heterocycles. The van der Waals surface area contributed by atoms with Crippen molar-refractivity contribution in [3.05, 3.63) is 11.4 Å². The average molecular weight is 288 g/mol. The minimum Gasteiger partial charge on any atom is -0.343 e. The van der Waals surface area contributed by atoms with E-state index in [9.17, 15) is 13.2 Å². The molecule has 1 N–H and O–H groups in total. The summed E-state index contributed by atoms with van der Waals surface area (Å²) >= 11 is 0. The first-order valence-electron chi connectivity index (χ1n) is 5.95. The molecular formula is C11H20N4O3S. The molecule has 7 nitrogen and oxygen atoms in total. The van der Waals surface area contributed by atoms with Crippen molar-refractivity contribution in [2.75, 3.05) is 24.6 Å². The average Bonchev–Trinajstić information content (AvgIpc) is 2.55. The highest BCUT2D eigenvalue weighted by atomic mass is 32.2. The highest BCUT2D eigenvalue weighted by Crippen LogP contribution is 2.22. The fourth-order valence-corrected chi connectivity index (χ4v) is 2.76. The number of rotatable bonds is 5. The van der Waals surface area contributed by atoms with E-state index in [-0.39, 0.29) is 23.0 Å². The molecule has 8 heteroatoms. The highest BCUT2D eigenvalue weighted by molar-refractivity contribution is 7.92. The van der Waals surface area contributed by atoms with Gasteiger partial charge in [0.2, 0.25) is 10.0 Å². The second-order valence-corrected chi connectivity index (χ2v) is 6.40. The van der Waals surface area contributed by atoms with Crippen LogP contribution in [0.25, 0.3) is 0 Å². The lowest BCUT2D eigenvalue weighted by molar-refractivity contribution is 0.0822. The Morgan fingerprint density at radius 3 is 2.47 bits per heavy atom. The molecule has 1 aromatic heterocycles. The van der Waals surface area contributed by atoms with Crippen LogP contribution in [-0.4, -0.2) is 48.9 Å². The maximum Gasteiger partial charge on any atom is 0.276 e. The first kappa shape index (κ1) is 15.5. The van der Waals surface area contributed by atoms with Crippen molar-refractivity contribution >= 4 is 21.6 Å². The van der Waals surface area contributed by atoms with Gasteiger partial charge in [-0.1, -0.05) is 6.92 Å². The lowest BCUT2D eigenvalue weighted by Crippen LogP contribution is -2.25. The Hall–Kier alpha value is -1.57. The molecule has 0 aliphatic carbocycles. The minimum absolute atomic E-state index is 0.0108. The van der Waals surface area contributed by atoms with Gasteiger partial charge in [0, 0.05) is 21.1 Å². The fourth-order valence-electron chi connectivity index (χ4n) is 1.57. The van der Waals surface area contributed by atoms with Crippen molar-refractivity contribution < 1.29 is 13.2 Å². The fraction of sp³-hybridized carbons (Fsp3) is 0.636. The number of nitrogens with zero attached hydrogens (tertiary/aromatic N) is 3. The molecule has 19 heavy (non-hydrogen) atoms. The van der Waals surface area contributed by atoms with E-state index in [2.05, 4.69) is 9.82 Å². The molecule has 1 heterocycles. The number of hydrogen-bond donors (Lipinski definition) is 1. The van der Waals surface area contributed by atoms with Gasteiger partial charge < -0.3 is 4.90 Å². The maximum atomic E-state index is 12.0. The molecular weight excluding hydrogens is 268 g/mol. The molecule has 0 atom stereocenters. The Balaban J connectivity index is 3.23. The Morgan fingerprint density at radius 1 is 1.42 bits per heavy atom. The van der Waals surface area contributed by atoms with E-state index < -0.39 is 10.0 Å². The van der Waals surface area contributed by atoms with Crippen molar-refractivity contribution in [2.45, 2.75) is 20.3 Å². The summed E-state index contributed by atoms with van der Waals surface area (Å²) in [7, 11) is 1.40. The molecule has 1 rings (SSSR count). The first-order valence-corrected chi connectivity index (χ1v) is 7.60. The molecule has 0 spiro atoms. The van der Waals surface area contributed by atoms with Gasteiger partial charge in [0.25, 0.3) is 5.91 Å². The van der Waals surface area contributed by atoms with Gasteiger partial charge in [0.15, 0.2) is 5.69 Å². The van der Waals surface area contributed by atoms with E-state index in [0.717, 1.165) is 0 Å². The van der Waals surface area contributed by atoms with Gasteiger partial charge in [0.1, 0.15) is 5.69 Å². The molecule has 1 amide bonds. The zero-order valence-electron chi connectivity index (χ0n) is 11.9. The summed E-state index contributed by atoms with van der Waals surface area (Å²) in [6, 6.07) is 0. The van der Waals surface area contributed by atoms with Crippen LogP contribution in [0.15, 0.2) is 0 Å². The standard InChI is InChI=1S/C11H20N4O3S/c1-6-7-19(17,18)13-9-8(2)15(5)12-10(9)11(16)14(3)4/h13H,6-7H2,1-5H3. The van der Waals surface area contributed by atoms with E-state index in [1.165, 1.54) is 9.58 Å². The zero-order chi connectivity index (χ0) is 14.8. The summed E-state index contributed by atoms with van der Waals surface area (Å²) < 4.78 is 27.6. The van der Waals surface area contributed by atoms with Crippen LogP contribution in [0.5, 0.6) is 0 Å². The lowest BCUT2D eigenvalue weighted by atomic mass is 10.3. The van der Waals surface area contributed by atoms with Gasteiger partial charge in [0.05, 0.1) is 11.4 Å². The van der Waals surface area contributed by atoms with E-state index in [0.29, 0.717) is 12.1 Å². The van der Waals surface area contributed by atoms with E-state index in [1.807, 2.05) is 0 Å². The van der Waals surface area contributed by atoms with Crippen LogP contribution in [0.3, 0.4) is 0 Å². The van der Waals surface area contributed by atoms with Crippen molar-refractivity contribution in [3.8, 4) is 0 Å². The van der Waals surface area contributed by atoms with Gasteiger partial charge >= 0.3 is 0 Å². The summed E-state index contributed by atoms with van der Waals surface area (Å²) in [4.78, 5) is 13.4. The molecule has 0 fully saturated rings. The molecule has 0 radical (unpaired) electrons. The number of amides is 1. The third-order valence-electron chi connectivity index (χ3n) is 2.67. The number of hydrogen-bond acceptors (Lipinski definition) is 4. The Morgan fingerprint density at radius 2 is 2.00 bits per heavy atom. The van der Waals surface area contributed by atoms with Gasteiger partial charge in [-0.15, -0.1) is 0 Å². The topological polar surface area (TPSA) is 84.3 Å². The van der Waals surface area contributed by atoms with Crippen LogP contribution < -0.4 is 4.72 Å². The molecule has 0 aliphatic heterocycles. The van der Waals surface area contributed by atoms with Crippen LogP contribution >= 0.6 is 0 Å². The number of aryl methyl sites for hydroxylation is 1. The number of carbonyl (C=O) groups is 1. The predicted octanol–water partition coefficient (Wildman–Crippen LogP) is 0.582. The lowest BCUT2D eigenvalue weighted by Gasteiger charge is -2.11. The molecule has 0 unspecified atom stereocenters. The van der Waals surface area contributed by atoms with Crippen LogP contribution in [-0.2, 0) is 17.1 Å². The summed E-state index contributed by atoms with van der Waals surface area (Å²) in [5.74, 6) is -0.324. The van der Waals surface area contributed by atoms with Crippen LogP contribution in [0.2, 0.25) is 0 Å². The third-order valence-corrected chi connectivity index (χ3v) is 4.13. The predicted molar refractivity (Wildman–Crippen MR) is 73.7 cm³/mol. The third kappa shape index (κ3) is 3.46. The number of carbonyl (C=O) groups excluding carboxylic acids is 1. The molecule has 0 bridgehead atoms. The van der Waals surface area contributed by atoms with Crippen molar-refractivity contribution in [1.29, 1.82) is 0 Å². The van der Waals surface area contributed by atoms with Crippen LogP contribution in [0, 0.1) is 6.92 Å². The molecule has 1 aromatic rings. The maximum absolute atomic E-state index is 12.0. The number of aromatic nitrogens is 2. The molecule has 0 saturated carbocycles. The van der Waals surface area contributed by atoms with Crippen molar-refractivity contribution in [2.24, 2.45) is 7.05 Å². The largest absolute Gasteiger partial charge is 0.343 e. The summed E-state index contributed by atoms with van der Waals surface area (Å²) in [6.07, 6.45) is 0.506. The van der Waals surface area contributed by atoms with E-state index >= 15 is 0 Å². The Bertz CT molecular complexity index is 575. The zero-order valence-corrected chi connectivity index (χ0v) is 12.7. The van der Waals surface area contributed by atoms with Crippen molar-refractivity contribution in [3.63, 3.8) is 0 Å². The Labute approximate surface area is 113 Å². The van der Waals surface area contributed by atoms with Crippen molar-refractivity contribution in [1.82, 2.24) is 14.7 Å². The van der Waals surface area contributed by atoms with E-state index in [4.69, 9.17) is 0 Å². The Kier molecular flexibility index (Phi) is 4.56. The molecule has 108 valence electrons. The quantitative estimate of drug-likeness (QED) is 0.859. The summed E-state index contributed by atoms with van der Waals surface area (Å²) in [6.45, 7) is 3.49. The second kappa shape index (κ2) is 5.60. The molecule has 0 aromatic carbocycles. The van der Waals surface area contributed by atoms with Crippen LogP contribution in [0.1, 0.15) is 29.5 Å². The van der Waals surface area contributed by atoms with E-state index in [1.54, 1.807) is 35.0 Å². The molecule has 0 aliphatic rings. The number of anilines is 1. The summed E-state index contributed by atoms with van der Waals surface area (Å²) in [5, 5.41) is 4.07. The highest BCUT2D eigenvalue weighted by Gasteiger charge is 2.24. The summed E-state index contributed by atoms with van der Waals surface area (Å²) in [5.41, 5.74) is 0.976. The van der Waals surface area contributed by atoms with Gasteiger partial charge in [-0.3, -0.25) is 14.2 Å². The number of nitrogens with one attached hydrogen (secondary N) is 1. The van der Waals surface area contributed by atoms with Gasteiger partial charge in [-0.2, -0.15) is 5.10 Å². The SMILES string of the molecule is CCCS(=O)(=O)Nc1c(C(=O)N(C)C)nn(C)c1C. The van der Waals surface area contributed by atoms with Crippen LogP contribution in [0.4, 0.5) is 5.69 Å². The first-order chi connectivity index (χ1) is 8.69. The van der Waals surface area contributed by atoms with Gasteiger partial charge in [-0.05, 0) is 13.3 Å². The number of sulfonamides is 1.